The third-order valence-electron chi connectivity index (χ3n) is 5.65. The molecule has 2 saturated carbocycles. The summed E-state index contributed by atoms with van der Waals surface area (Å²) >= 11 is 0. The van der Waals surface area contributed by atoms with E-state index in [1.165, 1.54) is 6.42 Å². The van der Waals surface area contributed by atoms with E-state index in [0.29, 0.717) is 0 Å². The van der Waals surface area contributed by atoms with Crippen molar-refractivity contribution < 1.29 is 14.7 Å². The molecule has 2 bridgehead atoms. The Hall–Kier alpha value is -1.32. The van der Waals surface area contributed by atoms with Crippen LogP contribution in [0.3, 0.4) is 0 Å². The summed E-state index contributed by atoms with van der Waals surface area (Å²) in [6.45, 7) is 2.27. The zero-order valence-corrected chi connectivity index (χ0v) is 12.6. The molecule has 0 aliphatic heterocycles. The fourth-order valence-corrected chi connectivity index (χ4v) is 4.45. The molecule has 3 aliphatic rings. The molecule has 1 amide bonds. The first-order chi connectivity index (χ1) is 10.1. The van der Waals surface area contributed by atoms with Crippen molar-refractivity contribution in [2.45, 2.75) is 51.5 Å². The summed E-state index contributed by atoms with van der Waals surface area (Å²) in [5.74, 6) is -0.814. The van der Waals surface area contributed by atoms with Crippen molar-refractivity contribution >= 4 is 11.9 Å². The number of allylic oxidation sites excluding steroid dienone is 2. The van der Waals surface area contributed by atoms with E-state index in [0.717, 1.165) is 38.0 Å². The second kappa shape index (κ2) is 5.82. The summed E-state index contributed by atoms with van der Waals surface area (Å²) in [5.41, 5.74) is 0. The maximum atomic E-state index is 12.6. The van der Waals surface area contributed by atoms with Gasteiger partial charge in [-0.15, -0.1) is 0 Å². The van der Waals surface area contributed by atoms with Crippen LogP contribution in [0.15, 0.2) is 12.2 Å². The molecule has 2 fully saturated rings. The second-order valence-electron chi connectivity index (χ2n) is 7.16. The van der Waals surface area contributed by atoms with Crippen LogP contribution in [0.2, 0.25) is 0 Å². The number of carboxylic acids is 1. The van der Waals surface area contributed by atoms with Crippen LogP contribution >= 0.6 is 0 Å². The Kier molecular flexibility index (Phi) is 4.05. The van der Waals surface area contributed by atoms with Crippen LogP contribution in [0.4, 0.5) is 0 Å². The topological polar surface area (TPSA) is 66.4 Å². The lowest BCUT2D eigenvalue weighted by molar-refractivity contribution is -0.148. The maximum absolute atomic E-state index is 12.6. The van der Waals surface area contributed by atoms with E-state index < -0.39 is 11.9 Å². The van der Waals surface area contributed by atoms with Crippen molar-refractivity contribution in [1.29, 1.82) is 0 Å². The van der Waals surface area contributed by atoms with Crippen LogP contribution in [-0.4, -0.2) is 23.0 Å². The van der Waals surface area contributed by atoms with Gasteiger partial charge in [-0.1, -0.05) is 31.9 Å². The molecule has 0 radical (unpaired) electrons. The molecule has 0 aromatic rings. The minimum absolute atomic E-state index is 0.0289. The van der Waals surface area contributed by atoms with Crippen LogP contribution in [-0.2, 0) is 9.59 Å². The van der Waals surface area contributed by atoms with Gasteiger partial charge >= 0.3 is 5.97 Å². The number of hydrogen-bond acceptors (Lipinski definition) is 2. The first-order valence-electron chi connectivity index (χ1n) is 8.27. The van der Waals surface area contributed by atoms with E-state index in [-0.39, 0.29) is 29.7 Å². The largest absolute Gasteiger partial charge is 0.481 e. The molecule has 0 spiro atoms. The molecule has 0 aromatic carbocycles. The molecule has 6 atom stereocenters. The van der Waals surface area contributed by atoms with Crippen molar-refractivity contribution in [2.24, 2.45) is 29.6 Å². The Morgan fingerprint density at radius 3 is 2.48 bits per heavy atom. The average Bonchev–Trinajstić information content (AvgIpc) is 2.99. The van der Waals surface area contributed by atoms with E-state index in [2.05, 4.69) is 12.2 Å². The van der Waals surface area contributed by atoms with Gasteiger partial charge in [0, 0.05) is 6.04 Å². The molecule has 6 unspecified atom stereocenters. The lowest BCUT2D eigenvalue weighted by Crippen LogP contribution is -2.44. The molecule has 4 heteroatoms. The number of fused-ring (bicyclic) bond motifs is 2. The molecule has 0 heterocycles. The van der Waals surface area contributed by atoms with Gasteiger partial charge in [0.25, 0.3) is 0 Å². The summed E-state index contributed by atoms with van der Waals surface area (Å²) in [5, 5.41) is 12.6. The summed E-state index contributed by atoms with van der Waals surface area (Å²) in [6, 6.07) is 0.236. The van der Waals surface area contributed by atoms with E-state index in [1.807, 2.05) is 12.2 Å². The maximum Gasteiger partial charge on any atom is 0.307 e. The lowest BCUT2D eigenvalue weighted by Gasteiger charge is -2.26. The summed E-state index contributed by atoms with van der Waals surface area (Å²) < 4.78 is 0. The van der Waals surface area contributed by atoms with Crippen LogP contribution in [0, 0.1) is 29.6 Å². The average molecular weight is 291 g/mol. The third kappa shape index (κ3) is 2.85. The highest BCUT2D eigenvalue weighted by molar-refractivity contribution is 5.87. The van der Waals surface area contributed by atoms with E-state index >= 15 is 0 Å². The minimum Gasteiger partial charge on any atom is -0.481 e. The molecule has 2 N–H and O–H groups in total. The predicted molar refractivity (Wildman–Crippen MR) is 79.5 cm³/mol. The van der Waals surface area contributed by atoms with Gasteiger partial charge in [-0.05, 0) is 43.4 Å². The number of carbonyl (C=O) groups is 2. The monoisotopic (exact) mass is 291 g/mol. The number of rotatable bonds is 3. The Morgan fingerprint density at radius 2 is 1.76 bits per heavy atom. The van der Waals surface area contributed by atoms with Gasteiger partial charge in [0.05, 0.1) is 11.8 Å². The molecule has 116 valence electrons. The Morgan fingerprint density at radius 1 is 1.05 bits per heavy atom. The van der Waals surface area contributed by atoms with Crippen molar-refractivity contribution in [3.05, 3.63) is 12.2 Å². The molecule has 0 aromatic heterocycles. The first-order valence-corrected chi connectivity index (χ1v) is 8.27. The van der Waals surface area contributed by atoms with E-state index in [1.54, 1.807) is 0 Å². The van der Waals surface area contributed by atoms with Gasteiger partial charge in [-0.3, -0.25) is 9.59 Å². The fraction of sp³-hybridized carbons (Fsp3) is 0.765. The SMILES string of the molecule is CC1CCCC(NC(=O)C2C3C=CC(C3)C2C(=O)O)CC1. The van der Waals surface area contributed by atoms with Crippen molar-refractivity contribution in [1.82, 2.24) is 5.32 Å². The third-order valence-corrected chi connectivity index (χ3v) is 5.65. The minimum atomic E-state index is -0.818. The number of amides is 1. The van der Waals surface area contributed by atoms with Crippen LogP contribution < -0.4 is 5.32 Å². The molecular weight excluding hydrogens is 266 g/mol. The number of carboxylic acid groups (broad SMARTS) is 1. The van der Waals surface area contributed by atoms with Crippen molar-refractivity contribution in [3.8, 4) is 0 Å². The highest BCUT2D eigenvalue weighted by Crippen LogP contribution is 2.48. The van der Waals surface area contributed by atoms with Crippen LogP contribution in [0.5, 0.6) is 0 Å². The molecule has 3 rings (SSSR count). The summed E-state index contributed by atoms with van der Waals surface area (Å²) in [6.07, 6.45) is 10.5. The summed E-state index contributed by atoms with van der Waals surface area (Å²) in [4.78, 5) is 24.1. The Balaban J connectivity index is 1.65. The first kappa shape index (κ1) is 14.6. The smallest absolute Gasteiger partial charge is 0.307 e. The van der Waals surface area contributed by atoms with Crippen LogP contribution in [0.25, 0.3) is 0 Å². The van der Waals surface area contributed by atoms with E-state index in [4.69, 9.17) is 0 Å². The zero-order valence-electron chi connectivity index (χ0n) is 12.6. The Labute approximate surface area is 126 Å². The number of carbonyl (C=O) groups excluding carboxylic acids is 1. The van der Waals surface area contributed by atoms with E-state index in [9.17, 15) is 14.7 Å². The fourth-order valence-electron chi connectivity index (χ4n) is 4.45. The molecule has 3 aliphatic carbocycles. The molecular formula is C17H25NO3. The van der Waals surface area contributed by atoms with Gasteiger partial charge in [0.15, 0.2) is 0 Å². The van der Waals surface area contributed by atoms with Gasteiger partial charge in [-0.25, -0.2) is 0 Å². The van der Waals surface area contributed by atoms with Gasteiger partial charge in [-0.2, -0.15) is 0 Å². The highest BCUT2D eigenvalue weighted by Gasteiger charge is 2.51. The molecule has 21 heavy (non-hydrogen) atoms. The quantitative estimate of drug-likeness (QED) is 0.620. The molecule has 4 nitrogen and oxygen atoms in total. The predicted octanol–water partition coefficient (Wildman–Crippen LogP) is 2.59. The van der Waals surface area contributed by atoms with Crippen molar-refractivity contribution in [3.63, 3.8) is 0 Å². The lowest BCUT2D eigenvalue weighted by atomic mass is 9.82. The standard InChI is InChI=1S/C17H25NO3/c1-10-3-2-4-13(8-5-10)18-16(19)14-11-6-7-12(9-11)15(14)17(20)21/h6-7,10-15H,2-5,8-9H2,1H3,(H,18,19)(H,20,21). The number of nitrogens with one attached hydrogen (secondary N) is 1. The second-order valence-corrected chi connectivity index (χ2v) is 7.16. The molecule has 0 saturated heterocycles. The summed E-state index contributed by atoms with van der Waals surface area (Å²) in [7, 11) is 0. The highest BCUT2D eigenvalue weighted by atomic mass is 16.4. The Bertz CT molecular complexity index is 459. The van der Waals surface area contributed by atoms with Gasteiger partial charge in [0.2, 0.25) is 5.91 Å². The van der Waals surface area contributed by atoms with Crippen molar-refractivity contribution in [2.75, 3.05) is 0 Å². The van der Waals surface area contributed by atoms with Gasteiger partial charge < -0.3 is 10.4 Å². The van der Waals surface area contributed by atoms with Gasteiger partial charge in [0.1, 0.15) is 0 Å². The number of aliphatic carboxylic acids is 1. The zero-order chi connectivity index (χ0) is 15.0. The normalized spacial score (nSPS) is 41.8. The van der Waals surface area contributed by atoms with Crippen LogP contribution in [0.1, 0.15) is 45.4 Å². The number of hydrogen-bond donors (Lipinski definition) is 2.